The predicted molar refractivity (Wildman–Crippen MR) is 200 cm³/mol. The minimum absolute atomic E-state index is 0.0834. The van der Waals surface area contributed by atoms with Gasteiger partial charge in [-0.25, -0.2) is 4.79 Å². The van der Waals surface area contributed by atoms with Crippen LogP contribution in [0.2, 0.25) is 0 Å². The summed E-state index contributed by atoms with van der Waals surface area (Å²) in [6.07, 6.45) is 1.64. The van der Waals surface area contributed by atoms with Crippen LogP contribution in [0.1, 0.15) is 58.8 Å². The van der Waals surface area contributed by atoms with Crippen LogP contribution in [0.5, 0.6) is 0 Å². The third-order valence-corrected chi connectivity index (χ3v) is 9.87. The highest BCUT2D eigenvalue weighted by atomic mass is 32.2. The molecule has 0 spiro atoms. The Hall–Kier alpha value is -5.68. The van der Waals surface area contributed by atoms with Crippen LogP contribution in [0.4, 0.5) is 4.79 Å². The van der Waals surface area contributed by atoms with Gasteiger partial charge in [-0.3, -0.25) is 47.9 Å². The zero-order chi connectivity index (χ0) is 42.5. The minimum Gasteiger partial charge on any atom is -0.481 e. The molecule has 2 heterocycles. The van der Waals surface area contributed by atoms with E-state index < -0.39 is 105 Å². The fourth-order valence-electron chi connectivity index (χ4n) is 5.55. The molecule has 57 heavy (non-hydrogen) atoms. The van der Waals surface area contributed by atoms with Gasteiger partial charge in [0.15, 0.2) is 0 Å². The molecule has 2 saturated heterocycles. The molecule has 23 nitrogen and oxygen atoms in total. The molecule has 0 saturated carbocycles. The van der Waals surface area contributed by atoms with Crippen molar-refractivity contribution in [3.05, 3.63) is 0 Å². The van der Waals surface area contributed by atoms with Crippen molar-refractivity contribution in [2.75, 3.05) is 45.0 Å². The monoisotopic (exact) mass is 828 g/mol. The minimum atomic E-state index is -1.41. The van der Waals surface area contributed by atoms with Crippen LogP contribution in [-0.2, 0) is 47.9 Å². The Labute approximate surface area is 331 Å². The van der Waals surface area contributed by atoms with Crippen LogP contribution < -0.4 is 53.2 Å². The summed E-state index contributed by atoms with van der Waals surface area (Å²) in [6.45, 7) is 0.135. The molecule has 2 fully saturated rings. The van der Waals surface area contributed by atoms with Gasteiger partial charge in [0.2, 0.25) is 47.3 Å². The van der Waals surface area contributed by atoms with Gasteiger partial charge in [-0.1, -0.05) is 20.3 Å². The van der Waals surface area contributed by atoms with Crippen molar-refractivity contribution < 1.29 is 63.0 Å². The van der Waals surface area contributed by atoms with Crippen molar-refractivity contribution in [2.45, 2.75) is 88.2 Å². The Morgan fingerprint density at radius 1 is 0.632 bits per heavy atom. The highest BCUT2D eigenvalue weighted by Crippen LogP contribution is 2.33. The Kier molecular flexibility index (Phi) is 20.6. The topological polar surface area (TPSA) is 349 Å². The molecule has 0 radical (unpaired) electrons. The molecule has 24 heteroatoms. The van der Waals surface area contributed by atoms with Gasteiger partial charge in [0.25, 0.3) is 0 Å². The fourth-order valence-corrected chi connectivity index (χ4v) is 7.09. The summed E-state index contributed by atoms with van der Waals surface area (Å²) in [7, 11) is 0. The number of hydrogen-bond donors (Lipinski definition) is 12. The van der Waals surface area contributed by atoms with Crippen LogP contribution >= 0.6 is 11.8 Å². The summed E-state index contributed by atoms with van der Waals surface area (Å²) in [5.74, 6) is -7.75. The van der Waals surface area contributed by atoms with E-state index in [-0.39, 0.29) is 61.0 Å². The van der Waals surface area contributed by atoms with E-state index in [2.05, 4.69) is 53.2 Å². The Morgan fingerprint density at radius 2 is 1.18 bits per heavy atom. The van der Waals surface area contributed by atoms with Crippen LogP contribution in [0.25, 0.3) is 0 Å². The number of hydrogen-bond acceptors (Lipinski definition) is 12. The van der Waals surface area contributed by atoms with E-state index in [4.69, 9.17) is 10.2 Å². The standard InChI is InChI=1S/C33H52N10O13S/c1-17(2)9-19(32(55)41-18(7-8-28(50)51)31(54)39-15-29(52)53)40-27(49)14-38-26(48)13-37-25(47)12-36-24(46)11-35-23(45)10-34-22(44)6-4-3-5-21-30-20(16-57-21)42-33(56)43-30/h17-21,30H,3-16H2,1-2H3,(H,34,44)(H,35,45)(H,36,46)(H,37,47)(H,38,48)(H,39,54)(H,40,49)(H,41,55)(H,50,51)(H,52,53)(H2,42,43,56)/t18-,19-,20-,21-,30-/m0/s1. The number of thioether (sulfide) groups is 1. The van der Waals surface area contributed by atoms with Gasteiger partial charge >= 0.3 is 18.0 Å². The highest BCUT2D eigenvalue weighted by molar-refractivity contribution is 8.00. The zero-order valence-electron chi connectivity index (χ0n) is 31.7. The largest absolute Gasteiger partial charge is 0.481 e. The maximum atomic E-state index is 13.0. The van der Waals surface area contributed by atoms with Crippen LogP contribution in [0.3, 0.4) is 0 Å². The molecular weight excluding hydrogens is 776 g/mol. The first-order chi connectivity index (χ1) is 26.9. The molecule has 2 rings (SSSR count). The molecule has 2 aliphatic rings. The smallest absolute Gasteiger partial charge is 0.322 e. The summed E-state index contributed by atoms with van der Waals surface area (Å²) in [4.78, 5) is 132. The molecule has 0 aromatic rings. The summed E-state index contributed by atoms with van der Waals surface area (Å²) in [5.41, 5.74) is 0. The Balaban J connectivity index is 1.61. The van der Waals surface area contributed by atoms with Crippen LogP contribution in [-0.4, -0.2) is 150 Å². The lowest BCUT2D eigenvalue weighted by Gasteiger charge is -2.24. The number of carbonyl (C=O) groups is 11. The van der Waals surface area contributed by atoms with E-state index in [0.717, 1.165) is 18.6 Å². The molecule has 0 aromatic carbocycles. The lowest BCUT2D eigenvalue weighted by atomic mass is 10.0. The maximum Gasteiger partial charge on any atom is 0.322 e. The normalized spacial score (nSPS) is 17.7. The van der Waals surface area contributed by atoms with E-state index in [1.807, 2.05) is 0 Å². The molecule has 5 atom stereocenters. The van der Waals surface area contributed by atoms with Gasteiger partial charge in [0, 0.05) is 23.8 Å². The Morgan fingerprint density at radius 3 is 1.70 bits per heavy atom. The van der Waals surface area contributed by atoms with E-state index in [0.29, 0.717) is 6.42 Å². The van der Waals surface area contributed by atoms with Crippen molar-refractivity contribution in [1.29, 1.82) is 0 Å². The predicted octanol–water partition coefficient (Wildman–Crippen LogP) is -4.63. The SMILES string of the molecule is CC(C)C[C@H](NC(=O)CNC(=O)CNC(=O)CNC(=O)CNC(=O)CNC(=O)CCCC[C@@H]1SC[C@@H]2NC(=O)N[C@@H]21)C(=O)N[C@@H](CCC(=O)O)C(=O)NCC(=O)O. The summed E-state index contributed by atoms with van der Waals surface area (Å²) in [6, 6.07) is -2.56. The number of nitrogens with one attached hydrogen (secondary N) is 10. The summed E-state index contributed by atoms with van der Waals surface area (Å²) < 4.78 is 0. The quantitative estimate of drug-likeness (QED) is 0.0288. The van der Waals surface area contributed by atoms with Gasteiger partial charge in [0.1, 0.15) is 18.6 Å². The average Bonchev–Trinajstić information content (AvgIpc) is 3.70. The number of carboxylic acid groups (broad SMARTS) is 2. The first-order valence-electron chi connectivity index (χ1n) is 18.3. The number of carboxylic acids is 2. The van der Waals surface area contributed by atoms with E-state index >= 15 is 0 Å². The van der Waals surface area contributed by atoms with Crippen molar-refractivity contribution in [3.8, 4) is 0 Å². The molecule has 10 amide bonds. The number of unbranched alkanes of at least 4 members (excludes halogenated alkanes) is 1. The first-order valence-corrected chi connectivity index (χ1v) is 19.3. The molecule has 0 bridgehead atoms. The van der Waals surface area contributed by atoms with Gasteiger partial charge in [-0.15, -0.1) is 0 Å². The molecule has 0 aliphatic carbocycles. The lowest BCUT2D eigenvalue weighted by Crippen LogP contribution is -2.55. The Bertz CT molecular complexity index is 1510. The second-order valence-corrected chi connectivity index (χ2v) is 14.9. The van der Waals surface area contributed by atoms with Gasteiger partial charge in [-0.2, -0.15) is 11.8 Å². The molecule has 318 valence electrons. The van der Waals surface area contributed by atoms with Gasteiger partial charge < -0.3 is 63.4 Å². The third-order valence-electron chi connectivity index (χ3n) is 8.36. The molecular formula is C33H52N10O13S. The number of aliphatic carboxylic acids is 2. The van der Waals surface area contributed by atoms with Crippen molar-refractivity contribution >= 4 is 77.0 Å². The molecule has 0 unspecified atom stereocenters. The average molecular weight is 829 g/mol. The highest BCUT2D eigenvalue weighted by Gasteiger charge is 2.42. The van der Waals surface area contributed by atoms with Crippen molar-refractivity contribution in [3.63, 3.8) is 0 Å². The van der Waals surface area contributed by atoms with Gasteiger partial charge in [-0.05, 0) is 31.6 Å². The van der Waals surface area contributed by atoms with Crippen LogP contribution in [0, 0.1) is 5.92 Å². The molecule has 12 N–H and O–H groups in total. The second-order valence-electron chi connectivity index (χ2n) is 13.6. The second kappa shape index (κ2) is 24.8. The van der Waals surface area contributed by atoms with E-state index in [1.165, 1.54) is 0 Å². The van der Waals surface area contributed by atoms with Crippen molar-refractivity contribution in [1.82, 2.24) is 53.2 Å². The first kappa shape index (κ1) is 47.5. The van der Waals surface area contributed by atoms with Crippen molar-refractivity contribution in [2.24, 2.45) is 5.92 Å². The van der Waals surface area contributed by atoms with E-state index in [1.54, 1.807) is 25.6 Å². The third kappa shape index (κ3) is 19.7. The summed E-state index contributed by atoms with van der Waals surface area (Å²) in [5, 5.41) is 42.2. The lowest BCUT2D eigenvalue weighted by molar-refractivity contribution is -0.140. The van der Waals surface area contributed by atoms with Crippen LogP contribution in [0.15, 0.2) is 0 Å². The number of carbonyl (C=O) groups excluding carboxylic acids is 9. The number of rotatable bonds is 26. The zero-order valence-corrected chi connectivity index (χ0v) is 32.5. The maximum absolute atomic E-state index is 13.0. The number of amides is 10. The molecule has 2 aliphatic heterocycles. The van der Waals surface area contributed by atoms with Gasteiger partial charge in [0.05, 0.1) is 44.8 Å². The fraction of sp³-hybridized carbons (Fsp3) is 0.667. The summed E-state index contributed by atoms with van der Waals surface area (Å²) >= 11 is 1.79. The van der Waals surface area contributed by atoms with E-state index in [9.17, 15) is 52.7 Å². The number of urea groups is 1. The molecule has 0 aromatic heterocycles. The number of fused-ring (bicyclic) bond motifs is 1.